The van der Waals surface area contributed by atoms with E-state index in [9.17, 15) is 14.4 Å². The molecule has 6 heteroatoms. The van der Waals surface area contributed by atoms with E-state index in [0.29, 0.717) is 12.3 Å². The molecule has 0 aliphatic rings. The van der Waals surface area contributed by atoms with Gasteiger partial charge in [0.15, 0.2) is 0 Å². The molecule has 0 saturated heterocycles. The van der Waals surface area contributed by atoms with Crippen molar-refractivity contribution in [2.75, 3.05) is 11.9 Å². The topological polar surface area (TPSA) is 74.1 Å². The Morgan fingerprint density at radius 1 is 1.30 bits per heavy atom. The molecule has 0 bridgehead atoms. The molecule has 0 aromatic heterocycles. The number of anilines is 1. The SMILES string of the molecule is CCOc1ccc(C)cc1C(C)N/C=C(/C#N)C(=O)Nc1ccc(F)cc1. The number of nitrogens with zero attached hydrogens (tertiary/aromatic N) is 1. The minimum Gasteiger partial charge on any atom is -0.494 e. The number of rotatable bonds is 7. The molecule has 0 heterocycles. The van der Waals surface area contributed by atoms with Crippen LogP contribution in [0.2, 0.25) is 0 Å². The van der Waals surface area contributed by atoms with E-state index >= 15 is 0 Å². The fourth-order valence-corrected chi connectivity index (χ4v) is 2.47. The molecule has 1 atom stereocenters. The third-order valence-corrected chi connectivity index (χ3v) is 3.88. The van der Waals surface area contributed by atoms with Gasteiger partial charge in [-0.15, -0.1) is 0 Å². The Balaban J connectivity index is 2.12. The van der Waals surface area contributed by atoms with Crippen LogP contribution in [0.3, 0.4) is 0 Å². The van der Waals surface area contributed by atoms with Crippen molar-refractivity contribution in [3.8, 4) is 11.8 Å². The van der Waals surface area contributed by atoms with Crippen LogP contribution < -0.4 is 15.4 Å². The van der Waals surface area contributed by atoms with Gasteiger partial charge in [0.2, 0.25) is 0 Å². The summed E-state index contributed by atoms with van der Waals surface area (Å²) in [5, 5.41) is 14.9. The van der Waals surface area contributed by atoms with Gasteiger partial charge in [-0.05, 0) is 51.1 Å². The molecule has 0 aliphatic heterocycles. The van der Waals surface area contributed by atoms with E-state index in [1.54, 1.807) is 0 Å². The van der Waals surface area contributed by atoms with Gasteiger partial charge in [-0.2, -0.15) is 5.26 Å². The van der Waals surface area contributed by atoms with Gasteiger partial charge in [-0.1, -0.05) is 17.7 Å². The number of aryl methyl sites for hydroxylation is 1. The number of benzene rings is 2. The molecular formula is C21H22FN3O2. The van der Waals surface area contributed by atoms with E-state index in [1.165, 1.54) is 30.5 Å². The summed E-state index contributed by atoms with van der Waals surface area (Å²) in [5.41, 5.74) is 2.34. The van der Waals surface area contributed by atoms with Crippen molar-refractivity contribution in [3.05, 3.63) is 71.2 Å². The van der Waals surface area contributed by atoms with Crippen molar-refractivity contribution in [1.29, 1.82) is 5.26 Å². The molecule has 2 N–H and O–H groups in total. The highest BCUT2D eigenvalue weighted by Gasteiger charge is 2.13. The summed E-state index contributed by atoms with van der Waals surface area (Å²) in [6, 6.07) is 12.9. The average molecular weight is 367 g/mol. The van der Waals surface area contributed by atoms with Gasteiger partial charge < -0.3 is 15.4 Å². The summed E-state index contributed by atoms with van der Waals surface area (Å²) in [5.74, 6) is -0.216. The van der Waals surface area contributed by atoms with E-state index in [0.717, 1.165) is 16.9 Å². The Morgan fingerprint density at radius 2 is 2.00 bits per heavy atom. The van der Waals surface area contributed by atoms with Crippen LogP contribution in [0, 0.1) is 24.1 Å². The number of amides is 1. The van der Waals surface area contributed by atoms with Crippen molar-refractivity contribution >= 4 is 11.6 Å². The van der Waals surface area contributed by atoms with Crippen molar-refractivity contribution in [2.45, 2.75) is 26.8 Å². The number of carbonyl (C=O) groups excluding carboxylic acids is 1. The van der Waals surface area contributed by atoms with Crippen LogP contribution in [0.15, 0.2) is 54.2 Å². The highest BCUT2D eigenvalue weighted by molar-refractivity contribution is 6.06. The van der Waals surface area contributed by atoms with Gasteiger partial charge in [-0.3, -0.25) is 4.79 Å². The largest absolute Gasteiger partial charge is 0.494 e. The Morgan fingerprint density at radius 3 is 2.63 bits per heavy atom. The lowest BCUT2D eigenvalue weighted by Crippen LogP contribution is -2.19. The number of ether oxygens (including phenoxy) is 1. The van der Waals surface area contributed by atoms with Crippen molar-refractivity contribution in [1.82, 2.24) is 5.32 Å². The summed E-state index contributed by atoms with van der Waals surface area (Å²) in [6.07, 6.45) is 1.38. The summed E-state index contributed by atoms with van der Waals surface area (Å²) in [4.78, 5) is 12.2. The predicted octanol–water partition coefficient (Wildman–Crippen LogP) is 4.23. The fraction of sp³-hybridized carbons (Fsp3) is 0.238. The van der Waals surface area contributed by atoms with Crippen LogP contribution in [-0.2, 0) is 4.79 Å². The molecule has 27 heavy (non-hydrogen) atoms. The van der Waals surface area contributed by atoms with Crippen molar-refractivity contribution in [2.24, 2.45) is 0 Å². The second-order valence-corrected chi connectivity index (χ2v) is 5.99. The summed E-state index contributed by atoms with van der Waals surface area (Å²) >= 11 is 0. The maximum Gasteiger partial charge on any atom is 0.267 e. The molecule has 2 rings (SSSR count). The Bertz CT molecular complexity index is 870. The molecule has 0 aliphatic carbocycles. The fourth-order valence-electron chi connectivity index (χ4n) is 2.47. The number of hydrogen-bond donors (Lipinski definition) is 2. The zero-order valence-electron chi connectivity index (χ0n) is 15.5. The molecule has 0 radical (unpaired) electrons. The zero-order valence-corrected chi connectivity index (χ0v) is 15.5. The second-order valence-electron chi connectivity index (χ2n) is 5.99. The van der Waals surface area contributed by atoms with Gasteiger partial charge in [0.25, 0.3) is 5.91 Å². The van der Waals surface area contributed by atoms with Gasteiger partial charge in [-0.25, -0.2) is 4.39 Å². The lowest BCUT2D eigenvalue weighted by Gasteiger charge is -2.18. The maximum atomic E-state index is 12.9. The first-order chi connectivity index (χ1) is 12.9. The number of halogens is 1. The van der Waals surface area contributed by atoms with E-state index in [-0.39, 0.29) is 11.6 Å². The zero-order chi connectivity index (χ0) is 19.8. The quantitative estimate of drug-likeness (QED) is 0.567. The minimum atomic E-state index is -0.571. The Kier molecular flexibility index (Phi) is 6.95. The smallest absolute Gasteiger partial charge is 0.267 e. The van der Waals surface area contributed by atoms with Gasteiger partial charge >= 0.3 is 0 Å². The standard InChI is InChI=1S/C21H22FN3O2/c1-4-27-20-10-5-14(2)11-19(20)15(3)24-13-16(12-23)21(26)25-18-8-6-17(22)7-9-18/h5-11,13,15,24H,4H2,1-3H3,(H,25,26)/b16-13-. The number of nitrogens with one attached hydrogen (secondary N) is 2. The maximum absolute atomic E-state index is 12.9. The molecule has 2 aromatic rings. The van der Waals surface area contributed by atoms with Crippen LogP contribution in [0.25, 0.3) is 0 Å². The summed E-state index contributed by atoms with van der Waals surface area (Å²) in [7, 11) is 0. The minimum absolute atomic E-state index is 0.0863. The molecule has 0 saturated carbocycles. The average Bonchev–Trinajstić information content (AvgIpc) is 2.65. The van der Waals surface area contributed by atoms with Gasteiger partial charge in [0.1, 0.15) is 23.2 Å². The van der Waals surface area contributed by atoms with E-state index < -0.39 is 11.7 Å². The number of nitriles is 1. The summed E-state index contributed by atoms with van der Waals surface area (Å²) in [6.45, 7) is 6.36. The predicted molar refractivity (Wildman–Crippen MR) is 103 cm³/mol. The molecule has 1 unspecified atom stereocenters. The number of hydrogen-bond acceptors (Lipinski definition) is 4. The molecule has 0 spiro atoms. The van der Waals surface area contributed by atoms with E-state index in [1.807, 2.05) is 45.0 Å². The lowest BCUT2D eigenvalue weighted by molar-refractivity contribution is -0.112. The summed E-state index contributed by atoms with van der Waals surface area (Å²) < 4.78 is 18.6. The van der Waals surface area contributed by atoms with Crippen LogP contribution in [0.4, 0.5) is 10.1 Å². The lowest BCUT2D eigenvalue weighted by atomic mass is 10.0. The highest BCUT2D eigenvalue weighted by Crippen LogP contribution is 2.26. The third-order valence-electron chi connectivity index (χ3n) is 3.88. The first-order valence-electron chi connectivity index (χ1n) is 8.61. The van der Waals surface area contributed by atoms with Crippen molar-refractivity contribution in [3.63, 3.8) is 0 Å². The van der Waals surface area contributed by atoms with E-state index in [4.69, 9.17) is 4.74 Å². The van der Waals surface area contributed by atoms with E-state index in [2.05, 4.69) is 10.6 Å². The van der Waals surface area contributed by atoms with Crippen LogP contribution >= 0.6 is 0 Å². The second kappa shape index (κ2) is 9.39. The van der Waals surface area contributed by atoms with Crippen LogP contribution in [0.1, 0.15) is 31.0 Å². The highest BCUT2D eigenvalue weighted by atomic mass is 19.1. The monoisotopic (exact) mass is 367 g/mol. The first-order valence-corrected chi connectivity index (χ1v) is 8.61. The normalized spacial score (nSPS) is 12.0. The third kappa shape index (κ3) is 5.58. The molecular weight excluding hydrogens is 345 g/mol. The van der Waals surface area contributed by atoms with Crippen LogP contribution in [-0.4, -0.2) is 12.5 Å². The molecule has 1 amide bonds. The van der Waals surface area contributed by atoms with Crippen LogP contribution in [0.5, 0.6) is 5.75 Å². The molecule has 5 nitrogen and oxygen atoms in total. The Hall–Kier alpha value is -3.33. The number of carbonyl (C=O) groups is 1. The van der Waals surface area contributed by atoms with Gasteiger partial charge in [0.05, 0.1) is 12.6 Å². The van der Waals surface area contributed by atoms with Crippen molar-refractivity contribution < 1.29 is 13.9 Å². The molecule has 0 fully saturated rings. The Labute approximate surface area is 158 Å². The molecule has 2 aromatic carbocycles. The molecule has 140 valence electrons. The first kappa shape index (κ1) is 20.0. The van der Waals surface area contributed by atoms with Gasteiger partial charge in [0, 0.05) is 17.5 Å².